The predicted molar refractivity (Wildman–Crippen MR) is 61.2 cm³/mol. The van der Waals surface area contributed by atoms with Crippen LogP contribution in [0.5, 0.6) is 11.5 Å². The number of nitrogens with two attached hydrogens (primary N) is 1. The molecule has 0 aliphatic rings. The van der Waals surface area contributed by atoms with Crippen LogP contribution in [0.1, 0.15) is 0 Å². The third-order valence-electron chi connectivity index (χ3n) is 2.44. The first-order valence-corrected chi connectivity index (χ1v) is 4.89. The van der Waals surface area contributed by atoms with Gasteiger partial charge in [-0.25, -0.2) is 4.39 Å². The Balaban J connectivity index is 2.54. The lowest BCUT2D eigenvalue weighted by Crippen LogP contribution is -1.96. The molecule has 0 amide bonds. The van der Waals surface area contributed by atoms with Crippen molar-refractivity contribution in [3.05, 3.63) is 24.0 Å². The molecule has 0 spiro atoms. The molecule has 0 atom stereocenters. The standard InChI is InChI=1S/C11H12FN3O2/c1-15-10(13)5-8(14-15)6-3-7(12)11(17-2)9(16)4-6/h3-5,16H,13H2,1-2H3. The van der Waals surface area contributed by atoms with Gasteiger partial charge in [0.15, 0.2) is 17.3 Å². The minimum Gasteiger partial charge on any atom is -0.504 e. The number of rotatable bonds is 2. The average Bonchev–Trinajstić information content (AvgIpc) is 2.59. The van der Waals surface area contributed by atoms with E-state index in [0.29, 0.717) is 17.1 Å². The summed E-state index contributed by atoms with van der Waals surface area (Å²) in [5.74, 6) is -0.646. The molecule has 0 radical (unpaired) electrons. The molecule has 0 unspecified atom stereocenters. The van der Waals surface area contributed by atoms with Crippen LogP contribution in [-0.4, -0.2) is 22.0 Å². The van der Waals surface area contributed by atoms with Crippen molar-refractivity contribution in [3.63, 3.8) is 0 Å². The third kappa shape index (κ3) is 1.89. The van der Waals surface area contributed by atoms with E-state index >= 15 is 0 Å². The summed E-state index contributed by atoms with van der Waals surface area (Å²) in [5.41, 5.74) is 6.56. The van der Waals surface area contributed by atoms with E-state index in [9.17, 15) is 9.50 Å². The largest absolute Gasteiger partial charge is 0.504 e. The van der Waals surface area contributed by atoms with Crippen LogP contribution in [0, 0.1) is 5.82 Å². The van der Waals surface area contributed by atoms with Crippen molar-refractivity contribution in [1.29, 1.82) is 0 Å². The quantitative estimate of drug-likeness (QED) is 0.830. The number of aromatic nitrogens is 2. The SMILES string of the molecule is COc1c(O)cc(-c2cc(N)n(C)n2)cc1F. The fourth-order valence-corrected chi connectivity index (χ4v) is 1.55. The molecule has 0 saturated carbocycles. The number of hydrogen-bond donors (Lipinski definition) is 2. The number of benzene rings is 1. The van der Waals surface area contributed by atoms with Crippen LogP contribution in [-0.2, 0) is 7.05 Å². The van der Waals surface area contributed by atoms with E-state index in [1.165, 1.54) is 23.9 Å². The molecule has 1 aromatic heterocycles. The highest BCUT2D eigenvalue weighted by atomic mass is 19.1. The lowest BCUT2D eigenvalue weighted by molar-refractivity contribution is 0.351. The number of nitrogen functional groups attached to an aromatic ring is 1. The van der Waals surface area contributed by atoms with E-state index in [1.54, 1.807) is 13.1 Å². The molecule has 1 heterocycles. The first-order valence-electron chi connectivity index (χ1n) is 4.89. The Labute approximate surface area is 97.2 Å². The van der Waals surface area contributed by atoms with Gasteiger partial charge in [0.1, 0.15) is 5.82 Å². The second-order valence-electron chi connectivity index (χ2n) is 3.59. The molecule has 2 rings (SSSR count). The van der Waals surface area contributed by atoms with Gasteiger partial charge in [-0.15, -0.1) is 0 Å². The average molecular weight is 237 g/mol. The molecule has 90 valence electrons. The van der Waals surface area contributed by atoms with Crippen molar-refractivity contribution in [2.45, 2.75) is 0 Å². The maximum atomic E-state index is 13.6. The summed E-state index contributed by atoms with van der Waals surface area (Å²) >= 11 is 0. The Morgan fingerprint density at radius 3 is 2.59 bits per heavy atom. The van der Waals surface area contributed by atoms with Crippen LogP contribution in [0.25, 0.3) is 11.3 Å². The number of phenols is 1. The normalized spacial score (nSPS) is 10.5. The van der Waals surface area contributed by atoms with Gasteiger partial charge in [0.05, 0.1) is 12.8 Å². The zero-order chi connectivity index (χ0) is 12.6. The molecule has 0 bridgehead atoms. The number of aromatic hydroxyl groups is 1. The van der Waals surface area contributed by atoms with Gasteiger partial charge < -0.3 is 15.6 Å². The Morgan fingerprint density at radius 1 is 1.41 bits per heavy atom. The topological polar surface area (TPSA) is 73.3 Å². The van der Waals surface area contributed by atoms with Crippen LogP contribution in [0.3, 0.4) is 0 Å². The molecular weight excluding hydrogens is 225 g/mol. The highest BCUT2D eigenvalue weighted by Crippen LogP contribution is 2.34. The fraction of sp³-hybridized carbons (Fsp3) is 0.182. The minimum atomic E-state index is -0.647. The minimum absolute atomic E-state index is 0.183. The van der Waals surface area contributed by atoms with Gasteiger partial charge in [0, 0.05) is 18.7 Å². The Hall–Kier alpha value is -2.24. The van der Waals surface area contributed by atoms with Crippen molar-refractivity contribution >= 4 is 5.82 Å². The van der Waals surface area contributed by atoms with E-state index in [1.807, 2.05) is 0 Å². The summed E-state index contributed by atoms with van der Waals surface area (Å²) in [4.78, 5) is 0. The van der Waals surface area contributed by atoms with Crippen LogP contribution < -0.4 is 10.5 Å². The molecule has 5 nitrogen and oxygen atoms in total. The smallest absolute Gasteiger partial charge is 0.196 e. The van der Waals surface area contributed by atoms with Gasteiger partial charge in [0.2, 0.25) is 0 Å². The molecule has 1 aromatic carbocycles. The number of anilines is 1. The summed E-state index contributed by atoms with van der Waals surface area (Å²) in [5, 5.41) is 13.7. The number of nitrogens with zero attached hydrogens (tertiary/aromatic N) is 2. The van der Waals surface area contributed by atoms with Gasteiger partial charge in [0.25, 0.3) is 0 Å². The van der Waals surface area contributed by atoms with E-state index in [2.05, 4.69) is 5.10 Å². The summed E-state index contributed by atoms with van der Waals surface area (Å²) in [6, 6.07) is 4.21. The highest BCUT2D eigenvalue weighted by molar-refractivity contribution is 5.66. The maximum absolute atomic E-state index is 13.6. The molecule has 2 aromatic rings. The highest BCUT2D eigenvalue weighted by Gasteiger charge is 2.13. The van der Waals surface area contributed by atoms with E-state index in [4.69, 9.17) is 10.5 Å². The van der Waals surface area contributed by atoms with Gasteiger partial charge >= 0.3 is 0 Å². The predicted octanol–water partition coefficient (Wildman–Crippen LogP) is 1.52. The van der Waals surface area contributed by atoms with Gasteiger partial charge in [-0.2, -0.15) is 5.10 Å². The third-order valence-corrected chi connectivity index (χ3v) is 2.44. The molecule has 6 heteroatoms. The van der Waals surface area contributed by atoms with Crippen molar-refractivity contribution in [1.82, 2.24) is 9.78 Å². The molecular formula is C11H12FN3O2. The van der Waals surface area contributed by atoms with Crippen LogP contribution in [0.15, 0.2) is 18.2 Å². The van der Waals surface area contributed by atoms with Crippen LogP contribution >= 0.6 is 0 Å². The molecule has 0 aliphatic carbocycles. The van der Waals surface area contributed by atoms with Gasteiger partial charge in [-0.1, -0.05) is 0 Å². The summed E-state index contributed by atoms with van der Waals surface area (Å²) in [7, 11) is 2.97. The molecule has 0 saturated heterocycles. The second-order valence-corrected chi connectivity index (χ2v) is 3.59. The van der Waals surface area contributed by atoms with E-state index in [-0.39, 0.29) is 11.5 Å². The lowest BCUT2D eigenvalue weighted by atomic mass is 10.1. The summed E-state index contributed by atoms with van der Waals surface area (Å²) in [6.45, 7) is 0. The summed E-state index contributed by atoms with van der Waals surface area (Å²) < 4.78 is 19.7. The molecule has 0 aliphatic heterocycles. The van der Waals surface area contributed by atoms with Crippen molar-refractivity contribution < 1.29 is 14.2 Å². The molecule has 17 heavy (non-hydrogen) atoms. The van der Waals surface area contributed by atoms with Crippen LogP contribution in [0.4, 0.5) is 10.2 Å². The van der Waals surface area contributed by atoms with Gasteiger partial charge in [-0.05, 0) is 12.1 Å². The Bertz CT molecular complexity index is 523. The van der Waals surface area contributed by atoms with E-state index < -0.39 is 5.82 Å². The van der Waals surface area contributed by atoms with Crippen molar-refractivity contribution in [3.8, 4) is 22.8 Å². The first-order chi connectivity index (χ1) is 8.02. The summed E-state index contributed by atoms with van der Waals surface area (Å²) in [6.07, 6.45) is 0. The first kappa shape index (κ1) is 11.3. The number of halogens is 1. The number of ether oxygens (including phenoxy) is 1. The Kier molecular flexibility index (Phi) is 2.63. The Morgan fingerprint density at radius 2 is 2.12 bits per heavy atom. The monoisotopic (exact) mass is 237 g/mol. The maximum Gasteiger partial charge on any atom is 0.196 e. The lowest BCUT2D eigenvalue weighted by Gasteiger charge is -2.06. The zero-order valence-corrected chi connectivity index (χ0v) is 9.44. The van der Waals surface area contributed by atoms with Crippen LogP contribution in [0.2, 0.25) is 0 Å². The van der Waals surface area contributed by atoms with E-state index in [0.717, 1.165) is 0 Å². The number of methoxy groups -OCH3 is 1. The zero-order valence-electron chi connectivity index (χ0n) is 9.44. The molecule has 0 fully saturated rings. The second kappa shape index (κ2) is 3.97. The fourth-order valence-electron chi connectivity index (χ4n) is 1.55. The molecule has 3 N–H and O–H groups in total. The van der Waals surface area contributed by atoms with Crippen molar-refractivity contribution in [2.24, 2.45) is 7.05 Å². The van der Waals surface area contributed by atoms with Crippen molar-refractivity contribution in [2.75, 3.05) is 12.8 Å². The number of hydrogen-bond acceptors (Lipinski definition) is 4. The van der Waals surface area contributed by atoms with Gasteiger partial charge in [-0.3, -0.25) is 4.68 Å². The number of aryl methyl sites for hydroxylation is 1. The number of phenolic OH excluding ortho intramolecular Hbond substituents is 1.